The lowest BCUT2D eigenvalue weighted by Crippen LogP contribution is -2.61. The van der Waals surface area contributed by atoms with Crippen LogP contribution in [-0.4, -0.2) is 99.6 Å². The van der Waals surface area contributed by atoms with Crippen molar-refractivity contribution < 1.29 is 49.3 Å². The maximum atomic E-state index is 13.4. The number of carbonyl (C=O) groups excluding carboxylic acids is 2. The van der Waals surface area contributed by atoms with Gasteiger partial charge < -0.3 is 45.1 Å². The molecule has 0 aromatic carbocycles. The minimum atomic E-state index is -1.65. The molecule has 0 aromatic heterocycles. The molecule has 0 saturated carbocycles. The summed E-state index contributed by atoms with van der Waals surface area (Å²) in [5.74, 6) is -1.29. The Labute approximate surface area is 450 Å². The molecule has 1 heterocycles. The minimum Gasteiger partial charge on any atom is -0.454 e. The quantitative estimate of drug-likeness (QED) is 0.0195. The van der Waals surface area contributed by atoms with Gasteiger partial charge in [-0.15, -0.1) is 0 Å². The highest BCUT2D eigenvalue weighted by molar-refractivity contribution is 5.80. The summed E-state index contributed by atoms with van der Waals surface area (Å²) in [4.78, 5) is 26.4. The molecule has 8 unspecified atom stereocenters. The Balaban J connectivity index is 2.77. The fourth-order valence-electron chi connectivity index (χ4n) is 8.55. The van der Waals surface area contributed by atoms with Gasteiger partial charge in [0.05, 0.1) is 25.4 Å². The van der Waals surface area contributed by atoms with Crippen molar-refractivity contribution in [2.75, 3.05) is 13.2 Å². The van der Waals surface area contributed by atoms with E-state index >= 15 is 0 Å². The van der Waals surface area contributed by atoms with Gasteiger partial charge in [0.25, 0.3) is 0 Å². The summed E-state index contributed by atoms with van der Waals surface area (Å²) in [5.41, 5.74) is 0. The molecule has 0 bridgehead atoms. The number of aliphatic hydroxyl groups is 5. The average Bonchev–Trinajstić information content (AvgIpc) is 3.40. The van der Waals surface area contributed by atoms with Crippen molar-refractivity contribution in [1.82, 2.24) is 5.32 Å². The van der Waals surface area contributed by atoms with Crippen molar-refractivity contribution in [1.29, 1.82) is 0 Å². The molecular formula is C63H107NO10. The van der Waals surface area contributed by atoms with E-state index in [1.807, 2.05) is 18.2 Å². The Morgan fingerprint density at radius 2 is 0.973 bits per heavy atom. The van der Waals surface area contributed by atoms with Crippen LogP contribution in [-0.2, 0) is 23.8 Å². The first-order chi connectivity index (χ1) is 36.2. The van der Waals surface area contributed by atoms with Gasteiger partial charge in [0.15, 0.2) is 12.4 Å². The predicted molar refractivity (Wildman–Crippen MR) is 305 cm³/mol. The van der Waals surface area contributed by atoms with Crippen LogP contribution < -0.4 is 5.32 Å². The number of allylic oxidation sites excluding steroid dienone is 15. The number of carbonyl (C=O) groups is 2. The third-order valence-electron chi connectivity index (χ3n) is 13.2. The Bertz CT molecular complexity index is 1570. The van der Waals surface area contributed by atoms with E-state index in [2.05, 4.69) is 99.0 Å². The van der Waals surface area contributed by atoms with Gasteiger partial charge in [0.1, 0.15) is 24.4 Å². The van der Waals surface area contributed by atoms with E-state index in [4.69, 9.17) is 14.2 Å². The van der Waals surface area contributed by atoms with Gasteiger partial charge in [-0.05, 0) is 89.9 Å². The Kier molecular flexibility index (Phi) is 46.7. The summed E-state index contributed by atoms with van der Waals surface area (Å²) in [6, 6.07) is -1.05. The second-order valence-corrected chi connectivity index (χ2v) is 20.0. The molecule has 1 amide bonds. The third-order valence-corrected chi connectivity index (χ3v) is 13.2. The lowest BCUT2D eigenvalue weighted by Gasteiger charge is -2.41. The summed E-state index contributed by atoms with van der Waals surface area (Å²) in [5, 5.41) is 56.8. The number of aliphatic hydroxyl groups excluding tert-OH is 5. The minimum absolute atomic E-state index is 0.00629. The van der Waals surface area contributed by atoms with E-state index in [0.29, 0.717) is 19.3 Å². The molecule has 1 aliphatic rings. The second-order valence-electron chi connectivity index (χ2n) is 20.0. The molecule has 1 fully saturated rings. The van der Waals surface area contributed by atoms with Crippen molar-refractivity contribution >= 4 is 11.9 Å². The largest absolute Gasteiger partial charge is 0.454 e. The van der Waals surface area contributed by atoms with Crippen molar-refractivity contribution in [3.8, 4) is 0 Å². The first kappa shape index (κ1) is 68.6. The van der Waals surface area contributed by atoms with Crippen LogP contribution in [0.15, 0.2) is 97.2 Å². The molecule has 8 atom stereocenters. The van der Waals surface area contributed by atoms with Crippen LogP contribution >= 0.6 is 0 Å². The standard InChI is InChI=1S/C63H107NO10/c1-4-7-10-13-16-19-22-25-27-28-29-30-31-33-36-39-42-45-48-51-58(68)74-61-60(70)59(69)57(52-65)73-63(61)72-53-54(55(66)49-46-43-40-37-34-24-21-18-15-12-9-6-3)64-62(71)56(67)50-47-44-41-38-35-32-26-23-20-17-14-11-8-5-2/h7,10,16,19-20,23,25,27,29-30,33,36,42,45-46,49,54-57,59-61,63,65-67,69-70H,4-6,8-9,11-15,17-18,21-22,24,26,28,31-32,34-35,37-41,43-44,47-48,50-53H2,1-3H3,(H,64,71)/b10-7-,19-16-,23-20-,27-25-,30-29-,36-33-,45-42-,49-46+. The number of unbranched alkanes of at least 4 members (excludes halogenated alkanes) is 20. The lowest BCUT2D eigenvalue weighted by atomic mass is 9.99. The van der Waals surface area contributed by atoms with Crippen LogP contribution in [0.4, 0.5) is 0 Å². The number of rotatable bonds is 48. The molecule has 1 aliphatic heterocycles. The number of nitrogens with one attached hydrogen (secondary N) is 1. The molecule has 1 saturated heterocycles. The summed E-state index contributed by atoms with van der Waals surface area (Å²) >= 11 is 0. The maximum Gasteiger partial charge on any atom is 0.306 e. The molecule has 11 heteroatoms. The van der Waals surface area contributed by atoms with Crippen LogP contribution in [0.1, 0.15) is 226 Å². The molecule has 0 radical (unpaired) electrons. The molecular weight excluding hydrogens is 931 g/mol. The van der Waals surface area contributed by atoms with Crippen molar-refractivity contribution in [2.24, 2.45) is 0 Å². The number of ether oxygens (including phenoxy) is 3. The van der Waals surface area contributed by atoms with E-state index in [-0.39, 0.29) is 19.4 Å². The van der Waals surface area contributed by atoms with Crippen molar-refractivity contribution in [3.05, 3.63) is 97.2 Å². The van der Waals surface area contributed by atoms with Crippen LogP contribution in [0.25, 0.3) is 0 Å². The fourth-order valence-corrected chi connectivity index (χ4v) is 8.55. The van der Waals surface area contributed by atoms with Gasteiger partial charge in [-0.25, -0.2) is 0 Å². The van der Waals surface area contributed by atoms with Crippen molar-refractivity contribution in [3.63, 3.8) is 0 Å². The monoisotopic (exact) mass is 1040 g/mol. The first-order valence-corrected chi connectivity index (χ1v) is 29.5. The first-order valence-electron chi connectivity index (χ1n) is 29.5. The van der Waals surface area contributed by atoms with Gasteiger partial charge >= 0.3 is 5.97 Å². The zero-order chi connectivity index (χ0) is 54.0. The summed E-state index contributed by atoms with van der Waals surface area (Å²) in [7, 11) is 0. The fraction of sp³-hybridized carbons (Fsp3) is 0.714. The van der Waals surface area contributed by atoms with Crippen LogP contribution in [0.5, 0.6) is 0 Å². The number of hydrogen-bond acceptors (Lipinski definition) is 10. The van der Waals surface area contributed by atoms with E-state index in [1.165, 1.54) is 77.0 Å². The van der Waals surface area contributed by atoms with Crippen LogP contribution in [0.2, 0.25) is 0 Å². The topological polar surface area (TPSA) is 175 Å². The molecule has 0 aliphatic carbocycles. The molecule has 0 aromatic rings. The lowest BCUT2D eigenvalue weighted by molar-refractivity contribution is -0.305. The van der Waals surface area contributed by atoms with E-state index in [9.17, 15) is 35.1 Å². The zero-order valence-electron chi connectivity index (χ0n) is 46.7. The van der Waals surface area contributed by atoms with Crippen LogP contribution in [0, 0.1) is 0 Å². The van der Waals surface area contributed by atoms with Crippen LogP contribution in [0.3, 0.4) is 0 Å². The summed E-state index contributed by atoms with van der Waals surface area (Å²) in [6.45, 7) is 5.60. The van der Waals surface area contributed by atoms with E-state index in [0.717, 1.165) is 96.3 Å². The third kappa shape index (κ3) is 38.2. The van der Waals surface area contributed by atoms with Crippen molar-refractivity contribution in [2.45, 2.75) is 275 Å². The summed E-state index contributed by atoms with van der Waals surface area (Å²) < 4.78 is 17.5. The molecule has 0 spiro atoms. The normalized spacial score (nSPS) is 20.0. The van der Waals surface area contributed by atoms with Gasteiger partial charge in [0, 0.05) is 6.42 Å². The number of hydrogen-bond donors (Lipinski definition) is 6. The van der Waals surface area contributed by atoms with Gasteiger partial charge in [-0.1, -0.05) is 227 Å². The van der Waals surface area contributed by atoms with Gasteiger partial charge in [-0.3, -0.25) is 9.59 Å². The second kappa shape index (κ2) is 50.4. The van der Waals surface area contributed by atoms with Gasteiger partial charge in [0.2, 0.25) is 5.91 Å². The molecule has 74 heavy (non-hydrogen) atoms. The zero-order valence-corrected chi connectivity index (χ0v) is 46.7. The Hall–Kier alpha value is -3.42. The Morgan fingerprint density at radius 1 is 0.541 bits per heavy atom. The molecule has 11 nitrogen and oxygen atoms in total. The van der Waals surface area contributed by atoms with E-state index in [1.54, 1.807) is 6.08 Å². The maximum absolute atomic E-state index is 13.4. The molecule has 6 N–H and O–H groups in total. The summed E-state index contributed by atoms with van der Waals surface area (Å²) in [6.07, 6.45) is 56.0. The highest BCUT2D eigenvalue weighted by Gasteiger charge is 2.47. The highest BCUT2D eigenvalue weighted by atomic mass is 16.7. The number of esters is 1. The predicted octanol–water partition coefficient (Wildman–Crippen LogP) is 13.6. The smallest absolute Gasteiger partial charge is 0.306 e. The number of amides is 1. The average molecular weight is 1040 g/mol. The Morgan fingerprint density at radius 3 is 1.47 bits per heavy atom. The highest BCUT2D eigenvalue weighted by Crippen LogP contribution is 2.26. The molecule has 424 valence electrons. The van der Waals surface area contributed by atoms with Gasteiger partial charge in [-0.2, -0.15) is 0 Å². The SMILES string of the molecule is CC/C=C\C/C=C\C/C=C\C/C=C\C/C=C\C/C=C\CCC(=O)OC1C(OCC(NC(=O)C(O)CCCCCCCC/C=C\CCCCCC)C(O)/C=C/CCCCCCCCCCCC)OC(CO)C(O)C1O. The van der Waals surface area contributed by atoms with E-state index < -0.39 is 67.4 Å². The molecule has 1 rings (SSSR count).